The molecule has 24 heavy (non-hydrogen) atoms. The number of benzene rings is 1. The SMILES string of the molecule is CC(=O)C(c1ccccc1)C1(C#N)C(N)=C(C=O)CC1(C#N)C#N. The van der Waals surface area contributed by atoms with Crippen molar-refractivity contribution in [2.45, 2.75) is 19.3 Å². The third-order valence-electron chi connectivity index (χ3n) is 4.57. The number of hydrogen-bond acceptors (Lipinski definition) is 6. The van der Waals surface area contributed by atoms with Crippen LogP contribution in [0.4, 0.5) is 0 Å². The van der Waals surface area contributed by atoms with Crippen molar-refractivity contribution in [3.8, 4) is 18.2 Å². The van der Waals surface area contributed by atoms with Crippen molar-refractivity contribution in [1.29, 1.82) is 15.8 Å². The molecule has 2 unspecified atom stereocenters. The summed E-state index contributed by atoms with van der Waals surface area (Å²) < 4.78 is 0. The van der Waals surface area contributed by atoms with Crippen LogP contribution in [0.15, 0.2) is 41.6 Å². The van der Waals surface area contributed by atoms with Gasteiger partial charge in [0.05, 0.1) is 24.1 Å². The van der Waals surface area contributed by atoms with Crippen molar-refractivity contribution in [1.82, 2.24) is 0 Å². The normalized spacial score (nSPS) is 22.8. The van der Waals surface area contributed by atoms with Crippen LogP contribution in [0.1, 0.15) is 24.8 Å². The van der Waals surface area contributed by atoms with Crippen LogP contribution >= 0.6 is 0 Å². The highest BCUT2D eigenvalue weighted by atomic mass is 16.1. The number of nitriles is 3. The predicted octanol–water partition coefficient (Wildman–Crippen LogP) is 1.72. The molecule has 2 N–H and O–H groups in total. The molecule has 2 rings (SSSR count). The van der Waals surface area contributed by atoms with Crippen LogP contribution < -0.4 is 5.73 Å². The van der Waals surface area contributed by atoms with Gasteiger partial charge in [-0.05, 0) is 12.5 Å². The molecule has 6 nitrogen and oxygen atoms in total. The number of carbonyl (C=O) groups excluding carboxylic acids is 2. The van der Waals surface area contributed by atoms with Crippen molar-refractivity contribution in [3.63, 3.8) is 0 Å². The quantitative estimate of drug-likeness (QED) is 0.841. The Bertz CT molecular complexity index is 838. The Labute approximate surface area is 139 Å². The molecule has 1 aliphatic carbocycles. The van der Waals surface area contributed by atoms with E-state index in [9.17, 15) is 25.4 Å². The van der Waals surface area contributed by atoms with Crippen LogP contribution in [-0.4, -0.2) is 12.1 Å². The summed E-state index contributed by atoms with van der Waals surface area (Å²) in [7, 11) is 0. The van der Waals surface area contributed by atoms with Crippen LogP contribution in [0, 0.1) is 44.8 Å². The van der Waals surface area contributed by atoms with E-state index in [-0.39, 0.29) is 17.7 Å². The third kappa shape index (κ3) is 2.00. The van der Waals surface area contributed by atoms with Gasteiger partial charge in [-0.15, -0.1) is 0 Å². The van der Waals surface area contributed by atoms with Crippen molar-refractivity contribution < 1.29 is 9.59 Å². The summed E-state index contributed by atoms with van der Waals surface area (Å²) in [5.41, 5.74) is 2.54. The molecular weight excluding hydrogens is 304 g/mol. The number of hydrogen-bond donors (Lipinski definition) is 1. The third-order valence-corrected chi connectivity index (χ3v) is 4.57. The second kappa shape index (κ2) is 5.99. The Morgan fingerprint density at radius 3 is 2.21 bits per heavy atom. The van der Waals surface area contributed by atoms with E-state index in [1.54, 1.807) is 30.3 Å². The summed E-state index contributed by atoms with van der Waals surface area (Å²) in [6.45, 7) is 1.28. The lowest BCUT2D eigenvalue weighted by atomic mass is 9.57. The van der Waals surface area contributed by atoms with Crippen molar-refractivity contribution in [3.05, 3.63) is 47.2 Å². The van der Waals surface area contributed by atoms with E-state index in [1.165, 1.54) is 6.92 Å². The summed E-state index contributed by atoms with van der Waals surface area (Å²) in [5.74, 6) is -1.53. The first kappa shape index (κ1) is 16.9. The zero-order chi connectivity index (χ0) is 18.0. The minimum Gasteiger partial charge on any atom is -0.400 e. The Hall–Kier alpha value is -3.43. The van der Waals surface area contributed by atoms with Gasteiger partial charge in [0.1, 0.15) is 17.5 Å². The topological polar surface area (TPSA) is 132 Å². The van der Waals surface area contributed by atoms with Crippen LogP contribution in [0.2, 0.25) is 0 Å². The maximum absolute atomic E-state index is 12.4. The monoisotopic (exact) mass is 318 g/mol. The molecule has 0 fully saturated rings. The second-order valence-electron chi connectivity index (χ2n) is 5.74. The zero-order valence-electron chi connectivity index (χ0n) is 13.0. The smallest absolute Gasteiger partial charge is 0.173 e. The molecule has 1 aromatic rings. The van der Waals surface area contributed by atoms with E-state index >= 15 is 0 Å². The molecule has 0 saturated heterocycles. The van der Waals surface area contributed by atoms with E-state index in [0.717, 1.165) is 0 Å². The lowest BCUT2D eigenvalue weighted by molar-refractivity contribution is -0.120. The minimum atomic E-state index is -1.92. The summed E-state index contributed by atoms with van der Waals surface area (Å²) in [6, 6.07) is 14.0. The largest absolute Gasteiger partial charge is 0.400 e. The first-order valence-corrected chi connectivity index (χ1v) is 7.17. The molecule has 118 valence electrons. The molecular formula is C18H14N4O2. The number of ketones is 1. The van der Waals surface area contributed by atoms with Crippen molar-refractivity contribution in [2.75, 3.05) is 0 Å². The lowest BCUT2D eigenvalue weighted by Gasteiger charge is -2.37. The second-order valence-corrected chi connectivity index (χ2v) is 5.74. The Morgan fingerprint density at radius 1 is 1.21 bits per heavy atom. The highest BCUT2D eigenvalue weighted by Gasteiger charge is 2.66. The van der Waals surface area contributed by atoms with Crippen LogP contribution in [0.5, 0.6) is 0 Å². The van der Waals surface area contributed by atoms with E-state index in [4.69, 9.17) is 5.73 Å². The van der Waals surface area contributed by atoms with Gasteiger partial charge < -0.3 is 5.73 Å². The van der Waals surface area contributed by atoms with Crippen molar-refractivity contribution >= 4 is 12.1 Å². The minimum absolute atomic E-state index is 0.0156. The van der Waals surface area contributed by atoms with Gasteiger partial charge in [-0.3, -0.25) is 9.59 Å². The van der Waals surface area contributed by atoms with Crippen molar-refractivity contribution in [2.24, 2.45) is 16.6 Å². The van der Waals surface area contributed by atoms with Crippen LogP contribution in [-0.2, 0) is 9.59 Å². The van der Waals surface area contributed by atoms with Gasteiger partial charge >= 0.3 is 0 Å². The molecule has 0 aromatic heterocycles. The summed E-state index contributed by atoms with van der Waals surface area (Å²) in [4.78, 5) is 23.7. The van der Waals surface area contributed by atoms with E-state index in [2.05, 4.69) is 0 Å². The summed E-state index contributed by atoms with van der Waals surface area (Å²) in [5, 5.41) is 29.3. The Morgan fingerprint density at radius 2 is 1.79 bits per heavy atom. The molecule has 0 bridgehead atoms. The predicted molar refractivity (Wildman–Crippen MR) is 83.5 cm³/mol. The lowest BCUT2D eigenvalue weighted by Crippen LogP contribution is -2.46. The maximum Gasteiger partial charge on any atom is 0.173 e. The first-order chi connectivity index (χ1) is 11.4. The molecule has 0 aliphatic heterocycles. The van der Waals surface area contributed by atoms with Gasteiger partial charge in [-0.25, -0.2) is 0 Å². The van der Waals surface area contributed by atoms with E-state index < -0.39 is 22.5 Å². The number of Topliss-reactive ketones (excluding diaryl/α,β-unsaturated/α-hetero) is 1. The molecule has 0 radical (unpaired) electrons. The number of allylic oxidation sites excluding steroid dienone is 2. The number of nitrogens with zero attached hydrogens (tertiary/aromatic N) is 3. The Kier molecular flexibility index (Phi) is 4.22. The average molecular weight is 318 g/mol. The molecule has 6 heteroatoms. The van der Waals surface area contributed by atoms with Gasteiger partial charge in [0, 0.05) is 17.7 Å². The fourth-order valence-corrected chi connectivity index (χ4v) is 3.45. The summed E-state index contributed by atoms with van der Waals surface area (Å²) in [6.07, 6.45) is 0.166. The number of aldehydes is 1. The van der Waals surface area contributed by atoms with E-state index in [1.807, 2.05) is 18.2 Å². The van der Waals surface area contributed by atoms with Gasteiger partial charge in [0.15, 0.2) is 5.41 Å². The zero-order valence-corrected chi connectivity index (χ0v) is 13.0. The highest BCUT2D eigenvalue weighted by molar-refractivity contribution is 5.88. The fourth-order valence-electron chi connectivity index (χ4n) is 3.45. The molecule has 1 aliphatic rings. The standard InChI is InChI=1S/C18H14N4O2/c1-12(24)15(13-5-3-2-4-6-13)18(11-21)16(22)14(8-23)7-17(18,9-19)10-20/h2-6,8,15H,7,22H2,1H3. The van der Waals surface area contributed by atoms with Gasteiger partial charge in [-0.2, -0.15) is 15.8 Å². The number of nitrogens with two attached hydrogens (primary N) is 1. The molecule has 0 heterocycles. The molecule has 0 saturated carbocycles. The Balaban J connectivity index is 2.90. The molecule has 2 atom stereocenters. The van der Waals surface area contributed by atoms with Gasteiger partial charge in [0.2, 0.25) is 0 Å². The molecule has 1 aromatic carbocycles. The molecule has 0 amide bonds. The summed E-state index contributed by atoms with van der Waals surface area (Å²) >= 11 is 0. The highest BCUT2D eigenvalue weighted by Crippen LogP contribution is 2.60. The first-order valence-electron chi connectivity index (χ1n) is 7.17. The van der Waals surface area contributed by atoms with Crippen LogP contribution in [0.25, 0.3) is 0 Å². The van der Waals surface area contributed by atoms with E-state index in [0.29, 0.717) is 11.8 Å². The van der Waals surface area contributed by atoms with Gasteiger partial charge in [-0.1, -0.05) is 30.3 Å². The molecule has 0 spiro atoms. The number of rotatable bonds is 4. The fraction of sp³-hybridized carbons (Fsp3) is 0.278. The van der Waals surface area contributed by atoms with Gasteiger partial charge in [0.25, 0.3) is 0 Å². The van der Waals surface area contributed by atoms with Crippen LogP contribution in [0.3, 0.4) is 0 Å². The number of carbonyl (C=O) groups is 2. The average Bonchev–Trinajstić information content (AvgIpc) is 2.85. The maximum atomic E-state index is 12.4.